The summed E-state index contributed by atoms with van der Waals surface area (Å²) in [5.74, 6) is 2.83. The van der Waals surface area contributed by atoms with Gasteiger partial charge >= 0.3 is 0 Å². The normalized spacial score (nSPS) is 19.9. The van der Waals surface area contributed by atoms with E-state index in [1.807, 2.05) is 6.08 Å². The van der Waals surface area contributed by atoms with Crippen LogP contribution in [0.3, 0.4) is 0 Å². The minimum Gasteiger partial charge on any atom is -0.496 e. The first-order chi connectivity index (χ1) is 12.5. The molecule has 26 heavy (non-hydrogen) atoms. The van der Waals surface area contributed by atoms with E-state index in [0.717, 1.165) is 37.6 Å². The van der Waals surface area contributed by atoms with E-state index >= 15 is 0 Å². The van der Waals surface area contributed by atoms with Crippen molar-refractivity contribution >= 4 is 0 Å². The number of rotatable bonds is 14. The molecule has 0 aliphatic heterocycles. The van der Waals surface area contributed by atoms with E-state index in [-0.39, 0.29) is 6.04 Å². The van der Waals surface area contributed by atoms with Crippen LogP contribution in [0, 0.1) is 11.8 Å². The van der Waals surface area contributed by atoms with Gasteiger partial charge in [-0.3, -0.25) is 0 Å². The first-order valence-corrected chi connectivity index (χ1v) is 10.8. The Hall–Kier alpha value is -1.16. The number of ether oxygens (including phenoxy) is 2. The van der Waals surface area contributed by atoms with Crippen molar-refractivity contribution in [2.45, 2.75) is 91.5 Å². The molecule has 0 aromatic heterocycles. The topological polar surface area (TPSA) is 70.5 Å². The number of hydrogen-bond donors (Lipinski definition) is 2. The number of unbranched alkanes of at least 4 members (excludes halogenated alkanes) is 2. The Labute approximate surface area is 161 Å². The molecule has 0 bridgehead atoms. The van der Waals surface area contributed by atoms with Crippen LogP contribution in [0.1, 0.15) is 85.5 Å². The third-order valence-electron chi connectivity index (χ3n) is 5.46. The molecule has 4 N–H and O–H groups in total. The first kappa shape index (κ1) is 22.9. The molecule has 0 amide bonds. The minimum absolute atomic E-state index is 0.156. The quantitative estimate of drug-likeness (QED) is 0.441. The van der Waals surface area contributed by atoms with Crippen molar-refractivity contribution in [3.63, 3.8) is 0 Å². The van der Waals surface area contributed by atoms with Gasteiger partial charge in [0.15, 0.2) is 0 Å². The van der Waals surface area contributed by atoms with Crippen LogP contribution in [0.4, 0.5) is 0 Å². The summed E-state index contributed by atoms with van der Waals surface area (Å²) in [4.78, 5) is 0. The molecule has 0 saturated heterocycles. The summed E-state index contributed by atoms with van der Waals surface area (Å²) in [5.41, 5.74) is 13.2. The van der Waals surface area contributed by atoms with E-state index in [2.05, 4.69) is 27.7 Å². The van der Waals surface area contributed by atoms with E-state index in [9.17, 15) is 0 Å². The molecule has 0 aromatic carbocycles. The molecule has 0 aromatic rings. The molecule has 0 spiro atoms. The van der Waals surface area contributed by atoms with Gasteiger partial charge in [0.2, 0.25) is 0 Å². The monoisotopic (exact) mass is 366 g/mol. The molecular weight excluding hydrogens is 324 g/mol. The molecule has 2 unspecified atom stereocenters. The molecule has 0 fully saturated rings. The lowest BCUT2D eigenvalue weighted by molar-refractivity contribution is 0.120. The maximum Gasteiger partial charge on any atom is 0.121 e. The Morgan fingerprint density at radius 2 is 1.50 bits per heavy atom. The maximum atomic E-state index is 6.32. The van der Waals surface area contributed by atoms with E-state index in [0.29, 0.717) is 24.0 Å². The minimum atomic E-state index is -0.156. The lowest BCUT2D eigenvalue weighted by Crippen LogP contribution is -2.31. The van der Waals surface area contributed by atoms with Crippen LogP contribution in [0.5, 0.6) is 0 Å². The second-order valence-corrected chi connectivity index (χ2v) is 7.69. The van der Waals surface area contributed by atoms with Gasteiger partial charge in [-0.2, -0.15) is 0 Å². The van der Waals surface area contributed by atoms with Crippen molar-refractivity contribution < 1.29 is 9.47 Å². The molecule has 3 atom stereocenters. The Bertz CT molecular complexity index is 445. The summed E-state index contributed by atoms with van der Waals surface area (Å²) >= 11 is 0. The van der Waals surface area contributed by atoms with E-state index < -0.39 is 0 Å². The summed E-state index contributed by atoms with van der Waals surface area (Å²) in [6.45, 7) is 10.4. The van der Waals surface area contributed by atoms with Gasteiger partial charge in [0.1, 0.15) is 11.5 Å². The third kappa shape index (κ3) is 8.03. The molecular formula is C22H42N2O2. The number of allylic oxidation sites excluding steroid dienone is 1. The fourth-order valence-corrected chi connectivity index (χ4v) is 3.28. The van der Waals surface area contributed by atoms with Crippen molar-refractivity contribution in [1.29, 1.82) is 0 Å². The standard InChI is InChI=1S/C22H42N2O2/c1-5-9-11-17(7-3)15-25-21-13-20(24)22(14-19(21)23)26-16-18(8-4)12-10-6-2/h13,17-19H,5-12,14-16,23-24H2,1-4H3/t17?,18?,19-/m0/s1. The maximum absolute atomic E-state index is 6.32. The fraction of sp³-hybridized carbons (Fsp3) is 0.818. The van der Waals surface area contributed by atoms with Gasteiger partial charge in [0, 0.05) is 12.5 Å². The Morgan fingerprint density at radius 1 is 0.962 bits per heavy atom. The highest BCUT2D eigenvalue weighted by Gasteiger charge is 2.23. The Balaban J connectivity index is 2.57. The number of nitrogens with two attached hydrogens (primary N) is 2. The Morgan fingerprint density at radius 3 is 2.00 bits per heavy atom. The molecule has 0 saturated carbocycles. The molecule has 1 aliphatic carbocycles. The summed E-state index contributed by atoms with van der Waals surface area (Å²) in [7, 11) is 0. The lowest BCUT2D eigenvalue weighted by Gasteiger charge is -2.27. The van der Waals surface area contributed by atoms with Crippen LogP contribution >= 0.6 is 0 Å². The average Bonchev–Trinajstić information content (AvgIpc) is 2.65. The highest BCUT2D eigenvalue weighted by molar-refractivity contribution is 5.29. The van der Waals surface area contributed by atoms with Crippen LogP contribution in [-0.4, -0.2) is 19.3 Å². The van der Waals surface area contributed by atoms with Gasteiger partial charge < -0.3 is 20.9 Å². The largest absolute Gasteiger partial charge is 0.496 e. The van der Waals surface area contributed by atoms with Crippen LogP contribution in [-0.2, 0) is 9.47 Å². The fourth-order valence-electron chi connectivity index (χ4n) is 3.28. The third-order valence-corrected chi connectivity index (χ3v) is 5.46. The van der Waals surface area contributed by atoms with Gasteiger partial charge in [0.25, 0.3) is 0 Å². The zero-order valence-corrected chi connectivity index (χ0v) is 17.6. The molecule has 4 heteroatoms. The van der Waals surface area contributed by atoms with Crippen LogP contribution < -0.4 is 11.5 Å². The molecule has 152 valence electrons. The highest BCUT2D eigenvalue weighted by Crippen LogP contribution is 2.25. The zero-order chi connectivity index (χ0) is 19.4. The second-order valence-electron chi connectivity index (χ2n) is 7.69. The summed E-state index contributed by atoms with van der Waals surface area (Å²) < 4.78 is 12.1. The molecule has 0 heterocycles. The van der Waals surface area contributed by atoms with E-state index in [1.54, 1.807) is 0 Å². The predicted octanol–water partition coefficient (Wildman–Crippen LogP) is 5.24. The summed E-state index contributed by atoms with van der Waals surface area (Å²) in [6, 6.07) is -0.156. The SMILES string of the molecule is CCCCC(CC)COC1=CC(N)=C(OCC(CC)CCCC)C[C@@H]1N. The highest BCUT2D eigenvalue weighted by atomic mass is 16.5. The smallest absolute Gasteiger partial charge is 0.121 e. The Kier molecular flexibility index (Phi) is 11.5. The van der Waals surface area contributed by atoms with Gasteiger partial charge in [-0.1, -0.05) is 66.2 Å². The second kappa shape index (κ2) is 13.1. The van der Waals surface area contributed by atoms with Crippen molar-refractivity contribution in [3.8, 4) is 0 Å². The number of hydrogen-bond acceptors (Lipinski definition) is 4. The zero-order valence-electron chi connectivity index (χ0n) is 17.6. The van der Waals surface area contributed by atoms with E-state index in [1.165, 1.54) is 38.5 Å². The molecule has 0 radical (unpaired) electrons. The molecule has 1 rings (SSSR count). The van der Waals surface area contributed by atoms with Crippen LogP contribution in [0.2, 0.25) is 0 Å². The van der Waals surface area contributed by atoms with Crippen LogP contribution in [0.15, 0.2) is 23.3 Å². The summed E-state index contributed by atoms with van der Waals surface area (Å²) in [5, 5.41) is 0. The predicted molar refractivity (Wildman–Crippen MR) is 110 cm³/mol. The van der Waals surface area contributed by atoms with Crippen molar-refractivity contribution in [1.82, 2.24) is 0 Å². The van der Waals surface area contributed by atoms with Crippen LogP contribution in [0.25, 0.3) is 0 Å². The summed E-state index contributed by atoms with van der Waals surface area (Å²) in [6.07, 6.45) is 12.2. The van der Waals surface area contributed by atoms with Gasteiger partial charge in [-0.25, -0.2) is 0 Å². The molecule has 1 aliphatic rings. The lowest BCUT2D eigenvalue weighted by atomic mass is 9.99. The van der Waals surface area contributed by atoms with Crippen molar-refractivity contribution in [3.05, 3.63) is 23.3 Å². The van der Waals surface area contributed by atoms with Crippen molar-refractivity contribution in [2.24, 2.45) is 23.3 Å². The average molecular weight is 367 g/mol. The van der Waals surface area contributed by atoms with Gasteiger partial charge in [0.05, 0.1) is 25.0 Å². The van der Waals surface area contributed by atoms with Gasteiger partial charge in [-0.15, -0.1) is 0 Å². The van der Waals surface area contributed by atoms with Gasteiger partial charge in [-0.05, 0) is 24.7 Å². The van der Waals surface area contributed by atoms with E-state index in [4.69, 9.17) is 20.9 Å². The first-order valence-electron chi connectivity index (χ1n) is 10.8. The molecule has 4 nitrogen and oxygen atoms in total. The van der Waals surface area contributed by atoms with Crippen molar-refractivity contribution in [2.75, 3.05) is 13.2 Å².